The Kier molecular flexibility index (Phi) is 2.52. The van der Waals surface area contributed by atoms with Gasteiger partial charge in [0.2, 0.25) is 0 Å². The summed E-state index contributed by atoms with van der Waals surface area (Å²) in [5.74, 6) is -0.263. The van der Waals surface area contributed by atoms with E-state index in [-0.39, 0.29) is 5.92 Å². The predicted octanol–water partition coefficient (Wildman–Crippen LogP) is 1.40. The van der Waals surface area contributed by atoms with Gasteiger partial charge in [-0.15, -0.1) is 0 Å². The molecule has 11 heavy (non-hydrogen) atoms. The second-order valence-electron chi connectivity index (χ2n) is 2.75. The Balaban J connectivity index is 2.35. The molecule has 1 rings (SSSR count). The third-order valence-electron chi connectivity index (χ3n) is 1.71. The molecule has 1 N–H and O–H groups in total. The van der Waals surface area contributed by atoms with E-state index in [0.717, 1.165) is 12.2 Å². The van der Waals surface area contributed by atoms with E-state index >= 15 is 0 Å². The lowest BCUT2D eigenvalue weighted by atomic mass is 10.1. The van der Waals surface area contributed by atoms with Crippen LogP contribution in [0.15, 0.2) is 11.8 Å². The van der Waals surface area contributed by atoms with Crippen LogP contribution in [0.3, 0.4) is 0 Å². The molecule has 1 atom stereocenters. The first-order valence-corrected chi connectivity index (χ1v) is 3.75. The number of ether oxygens (including phenoxy) is 1. The summed E-state index contributed by atoms with van der Waals surface area (Å²) in [7, 11) is 0. The molecule has 0 aromatic rings. The highest BCUT2D eigenvalue weighted by molar-refractivity contribution is 5.69. The second kappa shape index (κ2) is 3.42. The van der Waals surface area contributed by atoms with Crippen molar-refractivity contribution < 1.29 is 14.6 Å². The van der Waals surface area contributed by atoms with Crippen molar-refractivity contribution in [2.45, 2.75) is 19.8 Å². The van der Waals surface area contributed by atoms with Gasteiger partial charge >= 0.3 is 5.97 Å². The van der Waals surface area contributed by atoms with Crippen molar-refractivity contribution >= 4 is 5.97 Å². The molecule has 0 fully saturated rings. The molecular formula is C8H12O3. The van der Waals surface area contributed by atoms with Gasteiger partial charge in [-0.2, -0.15) is 0 Å². The van der Waals surface area contributed by atoms with Crippen molar-refractivity contribution in [1.29, 1.82) is 0 Å². The highest BCUT2D eigenvalue weighted by atomic mass is 16.5. The third kappa shape index (κ3) is 2.26. The van der Waals surface area contributed by atoms with Gasteiger partial charge in [0.1, 0.15) is 0 Å². The summed E-state index contributed by atoms with van der Waals surface area (Å²) in [6, 6.07) is 0. The molecule has 0 radical (unpaired) electrons. The van der Waals surface area contributed by atoms with Crippen molar-refractivity contribution in [2.75, 3.05) is 6.61 Å². The molecule has 62 valence electrons. The Morgan fingerprint density at radius 3 is 3.09 bits per heavy atom. The van der Waals surface area contributed by atoms with Gasteiger partial charge in [0.15, 0.2) is 0 Å². The van der Waals surface area contributed by atoms with Crippen LogP contribution in [0, 0.1) is 5.92 Å². The summed E-state index contributed by atoms with van der Waals surface area (Å²) >= 11 is 0. The van der Waals surface area contributed by atoms with Crippen molar-refractivity contribution in [3.8, 4) is 0 Å². The predicted molar refractivity (Wildman–Crippen MR) is 40.1 cm³/mol. The van der Waals surface area contributed by atoms with E-state index in [1.807, 2.05) is 6.08 Å². The topological polar surface area (TPSA) is 46.5 Å². The fraction of sp³-hybridized carbons (Fsp3) is 0.625. The number of aliphatic carboxylic acids is 1. The molecule has 1 aliphatic rings. The lowest BCUT2D eigenvalue weighted by Crippen LogP contribution is -2.10. The maximum atomic E-state index is 10.4. The smallest absolute Gasteiger partial charge is 0.306 e. The van der Waals surface area contributed by atoms with Crippen LogP contribution in [0.2, 0.25) is 0 Å². The third-order valence-corrected chi connectivity index (χ3v) is 1.71. The highest BCUT2D eigenvalue weighted by Gasteiger charge is 2.15. The van der Waals surface area contributed by atoms with Crippen molar-refractivity contribution in [3.05, 3.63) is 11.8 Å². The largest absolute Gasteiger partial charge is 0.498 e. The molecule has 1 heterocycles. The molecule has 0 aliphatic carbocycles. The van der Waals surface area contributed by atoms with E-state index in [1.54, 1.807) is 6.92 Å². The van der Waals surface area contributed by atoms with Crippen LogP contribution in [0.1, 0.15) is 19.8 Å². The van der Waals surface area contributed by atoms with E-state index in [2.05, 4.69) is 0 Å². The first-order chi connectivity index (χ1) is 5.20. The fourth-order valence-corrected chi connectivity index (χ4v) is 1.00. The Bertz CT molecular complexity index is 184. The maximum absolute atomic E-state index is 10.4. The Hall–Kier alpha value is -0.990. The van der Waals surface area contributed by atoms with E-state index in [1.165, 1.54) is 0 Å². The Morgan fingerprint density at radius 2 is 2.64 bits per heavy atom. The number of carboxylic acid groups (broad SMARTS) is 1. The molecular weight excluding hydrogens is 144 g/mol. The van der Waals surface area contributed by atoms with Gasteiger partial charge < -0.3 is 9.84 Å². The zero-order valence-electron chi connectivity index (χ0n) is 6.54. The van der Waals surface area contributed by atoms with Gasteiger partial charge in [0.25, 0.3) is 0 Å². The molecule has 0 aromatic carbocycles. The van der Waals surface area contributed by atoms with Crippen LogP contribution < -0.4 is 0 Å². The van der Waals surface area contributed by atoms with E-state index in [0.29, 0.717) is 13.0 Å². The van der Waals surface area contributed by atoms with Crippen LogP contribution in [0.5, 0.6) is 0 Å². The van der Waals surface area contributed by atoms with E-state index in [9.17, 15) is 4.79 Å². The lowest BCUT2D eigenvalue weighted by Gasteiger charge is -2.06. The molecule has 0 saturated heterocycles. The number of carboxylic acids is 1. The van der Waals surface area contributed by atoms with Gasteiger partial charge in [-0.25, -0.2) is 0 Å². The van der Waals surface area contributed by atoms with Gasteiger partial charge in [0.05, 0.1) is 18.3 Å². The average molecular weight is 156 g/mol. The first kappa shape index (κ1) is 8.11. The van der Waals surface area contributed by atoms with Gasteiger partial charge in [0, 0.05) is 12.8 Å². The molecule has 1 unspecified atom stereocenters. The maximum Gasteiger partial charge on any atom is 0.306 e. The van der Waals surface area contributed by atoms with Crippen molar-refractivity contribution in [2.24, 2.45) is 5.92 Å². The number of hydrogen-bond acceptors (Lipinski definition) is 2. The number of allylic oxidation sites excluding steroid dienone is 1. The SMILES string of the molecule is CC(CC1=CCCO1)C(=O)O. The minimum atomic E-state index is -0.763. The monoisotopic (exact) mass is 156 g/mol. The van der Waals surface area contributed by atoms with Crippen molar-refractivity contribution in [1.82, 2.24) is 0 Å². The van der Waals surface area contributed by atoms with Crippen molar-refractivity contribution in [3.63, 3.8) is 0 Å². The zero-order valence-corrected chi connectivity index (χ0v) is 6.54. The van der Waals surface area contributed by atoms with Crippen LogP contribution in [0.25, 0.3) is 0 Å². The van der Waals surface area contributed by atoms with Crippen LogP contribution >= 0.6 is 0 Å². The molecule has 0 bridgehead atoms. The molecule has 0 aromatic heterocycles. The molecule has 3 heteroatoms. The van der Waals surface area contributed by atoms with Crippen LogP contribution in [-0.2, 0) is 9.53 Å². The highest BCUT2D eigenvalue weighted by Crippen LogP contribution is 2.18. The summed E-state index contributed by atoms with van der Waals surface area (Å²) in [6.07, 6.45) is 3.40. The summed E-state index contributed by atoms with van der Waals surface area (Å²) in [6.45, 7) is 2.40. The summed E-state index contributed by atoms with van der Waals surface area (Å²) < 4.78 is 5.17. The van der Waals surface area contributed by atoms with Crippen LogP contribution in [0.4, 0.5) is 0 Å². The molecule has 0 spiro atoms. The summed E-state index contributed by atoms with van der Waals surface area (Å²) in [5.41, 5.74) is 0. The number of rotatable bonds is 3. The summed E-state index contributed by atoms with van der Waals surface area (Å²) in [4.78, 5) is 10.4. The molecule has 0 saturated carbocycles. The average Bonchev–Trinajstić information content (AvgIpc) is 2.39. The standard InChI is InChI=1S/C8H12O3/c1-6(8(9)10)5-7-3-2-4-11-7/h3,6H,2,4-5H2,1H3,(H,9,10). The number of carbonyl (C=O) groups is 1. The van der Waals surface area contributed by atoms with E-state index < -0.39 is 5.97 Å². The minimum absolute atomic E-state index is 0.334. The quantitative estimate of drug-likeness (QED) is 0.671. The molecule has 1 aliphatic heterocycles. The van der Waals surface area contributed by atoms with Gasteiger partial charge in [-0.3, -0.25) is 4.79 Å². The Morgan fingerprint density at radius 1 is 1.91 bits per heavy atom. The van der Waals surface area contributed by atoms with Gasteiger partial charge in [-0.05, 0) is 6.08 Å². The van der Waals surface area contributed by atoms with Crippen LogP contribution in [-0.4, -0.2) is 17.7 Å². The van der Waals surface area contributed by atoms with E-state index in [4.69, 9.17) is 9.84 Å². The second-order valence-corrected chi connectivity index (χ2v) is 2.75. The normalized spacial score (nSPS) is 18.8. The Labute approximate surface area is 65.7 Å². The number of hydrogen-bond donors (Lipinski definition) is 1. The van der Waals surface area contributed by atoms with Gasteiger partial charge in [-0.1, -0.05) is 6.92 Å². The minimum Gasteiger partial charge on any atom is -0.498 e. The lowest BCUT2D eigenvalue weighted by molar-refractivity contribution is -0.141. The summed E-state index contributed by atoms with van der Waals surface area (Å²) in [5, 5.41) is 8.56. The molecule has 0 amide bonds. The fourth-order valence-electron chi connectivity index (χ4n) is 1.00. The first-order valence-electron chi connectivity index (χ1n) is 3.75. The zero-order chi connectivity index (χ0) is 8.27. The molecule has 3 nitrogen and oxygen atoms in total.